The number of hydrogen-bond donors (Lipinski definition) is 1. The summed E-state index contributed by atoms with van der Waals surface area (Å²) in [5, 5.41) is 2.61. The Morgan fingerprint density at radius 2 is 1.73 bits per heavy atom. The summed E-state index contributed by atoms with van der Waals surface area (Å²) in [6, 6.07) is -0.411. The molecule has 0 aliphatic carbocycles. The monoisotopic (exact) mass is 213 g/mol. The molecular weight excluding hydrogens is 194 g/mol. The van der Waals surface area contributed by atoms with Gasteiger partial charge in [0.25, 0.3) is 0 Å². The van der Waals surface area contributed by atoms with Crippen molar-refractivity contribution in [3.63, 3.8) is 0 Å². The van der Waals surface area contributed by atoms with E-state index in [1.807, 2.05) is 7.05 Å². The zero-order valence-electron chi connectivity index (χ0n) is 9.62. The molecule has 5 heteroatoms. The van der Waals surface area contributed by atoms with Crippen molar-refractivity contribution in [3.8, 4) is 0 Å². The average Bonchev–Trinajstić information content (AvgIpc) is 2.17. The van der Waals surface area contributed by atoms with E-state index in [-0.39, 0.29) is 11.8 Å². The first-order chi connectivity index (χ1) is 7.00. The van der Waals surface area contributed by atoms with Gasteiger partial charge in [0.1, 0.15) is 6.04 Å². The Hall–Kier alpha value is -1.10. The number of carbonyl (C=O) groups excluding carboxylic acids is 2. The van der Waals surface area contributed by atoms with Crippen LogP contribution in [0.2, 0.25) is 0 Å². The van der Waals surface area contributed by atoms with Crippen LogP contribution in [0.5, 0.6) is 0 Å². The highest BCUT2D eigenvalue weighted by Gasteiger charge is 2.23. The van der Waals surface area contributed by atoms with Gasteiger partial charge in [0.2, 0.25) is 11.8 Å². The summed E-state index contributed by atoms with van der Waals surface area (Å²) in [5.41, 5.74) is 0. The molecule has 86 valence electrons. The summed E-state index contributed by atoms with van der Waals surface area (Å²) in [6.07, 6.45) is 0. The van der Waals surface area contributed by atoms with Gasteiger partial charge >= 0.3 is 0 Å². The molecule has 0 radical (unpaired) electrons. The van der Waals surface area contributed by atoms with E-state index in [1.54, 1.807) is 11.8 Å². The van der Waals surface area contributed by atoms with E-state index >= 15 is 0 Å². The molecular formula is C10H19N3O2. The first-order valence-electron chi connectivity index (χ1n) is 5.25. The number of piperazine rings is 1. The van der Waals surface area contributed by atoms with Gasteiger partial charge in [-0.1, -0.05) is 0 Å². The number of nitrogens with zero attached hydrogens (tertiary/aromatic N) is 2. The van der Waals surface area contributed by atoms with Crippen LogP contribution in [0.3, 0.4) is 0 Å². The Kier molecular flexibility index (Phi) is 4.08. The third kappa shape index (κ3) is 3.51. The highest BCUT2D eigenvalue weighted by Crippen LogP contribution is 2.01. The second-order valence-electron chi connectivity index (χ2n) is 4.05. The van der Waals surface area contributed by atoms with Crippen LogP contribution >= 0.6 is 0 Å². The van der Waals surface area contributed by atoms with Crippen molar-refractivity contribution < 1.29 is 9.59 Å². The van der Waals surface area contributed by atoms with Crippen LogP contribution < -0.4 is 5.32 Å². The van der Waals surface area contributed by atoms with Gasteiger partial charge in [0.15, 0.2) is 0 Å². The van der Waals surface area contributed by atoms with Crippen molar-refractivity contribution in [3.05, 3.63) is 0 Å². The molecule has 0 spiro atoms. The molecule has 1 aliphatic heterocycles. The van der Waals surface area contributed by atoms with E-state index in [0.717, 1.165) is 26.2 Å². The van der Waals surface area contributed by atoms with Gasteiger partial charge in [-0.05, 0) is 14.0 Å². The van der Waals surface area contributed by atoms with Crippen LogP contribution in [-0.4, -0.2) is 60.9 Å². The van der Waals surface area contributed by atoms with Crippen molar-refractivity contribution in [2.24, 2.45) is 0 Å². The van der Waals surface area contributed by atoms with Crippen molar-refractivity contribution in [2.75, 3.05) is 33.2 Å². The highest BCUT2D eigenvalue weighted by atomic mass is 16.2. The Balaban J connectivity index is 2.42. The number of nitrogens with one attached hydrogen (secondary N) is 1. The normalized spacial score (nSPS) is 19.8. The number of carbonyl (C=O) groups is 2. The first kappa shape index (κ1) is 12.0. The zero-order chi connectivity index (χ0) is 11.4. The highest BCUT2D eigenvalue weighted by molar-refractivity contribution is 5.86. The third-order valence-electron chi connectivity index (χ3n) is 2.61. The van der Waals surface area contributed by atoms with Gasteiger partial charge in [-0.3, -0.25) is 9.59 Å². The maximum absolute atomic E-state index is 11.8. The molecule has 1 heterocycles. The summed E-state index contributed by atoms with van der Waals surface area (Å²) in [7, 11) is 2.04. The maximum Gasteiger partial charge on any atom is 0.244 e. The van der Waals surface area contributed by atoms with Gasteiger partial charge in [-0.15, -0.1) is 0 Å². The minimum absolute atomic E-state index is 0.0123. The first-order valence-corrected chi connectivity index (χ1v) is 5.25. The van der Waals surface area contributed by atoms with Crippen molar-refractivity contribution in [2.45, 2.75) is 19.9 Å². The standard InChI is InChI=1S/C10H19N3O2/c1-8(11-9(2)14)10(15)13-6-4-12(3)5-7-13/h8H,4-7H2,1-3H3,(H,11,14). The van der Waals surface area contributed by atoms with Crippen LogP contribution in [-0.2, 0) is 9.59 Å². The molecule has 2 amide bonds. The predicted octanol–water partition coefficient (Wildman–Crippen LogP) is -0.715. The van der Waals surface area contributed by atoms with E-state index < -0.39 is 6.04 Å². The minimum atomic E-state index is -0.411. The average molecular weight is 213 g/mol. The Labute approximate surface area is 90.4 Å². The molecule has 1 atom stereocenters. The number of rotatable bonds is 2. The summed E-state index contributed by atoms with van der Waals surface area (Å²) in [4.78, 5) is 26.6. The fourth-order valence-electron chi connectivity index (χ4n) is 1.67. The Bertz CT molecular complexity index is 247. The maximum atomic E-state index is 11.8. The van der Waals surface area contributed by atoms with Crippen LogP contribution in [0.1, 0.15) is 13.8 Å². The van der Waals surface area contributed by atoms with E-state index in [2.05, 4.69) is 10.2 Å². The molecule has 0 aromatic rings. The van der Waals surface area contributed by atoms with Gasteiger partial charge < -0.3 is 15.1 Å². The van der Waals surface area contributed by atoms with Crippen LogP contribution in [0.15, 0.2) is 0 Å². The smallest absolute Gasteiger partial charge is 0.244 e. The lowest BCUT2D eigenvalue weighted by molar-refractivity contribution is -0.136. The van der Waals surface area contributed by atoms with Crippen LogP contribution in [0.4, 0.5) is 0 Å². The van der Waals surface area contributed by atoms with E-state index in [1.165, 1.54) is 6.92 Å². The fraction of sp³-hybridized carbons (Fsp3) is 0.800. The second kappa shape index (κ2) is 5.11. The lowest BCUT2D eigenvalue weighted by Crippen LogP contribution is -2.53. The van der Waals surface area contributed by atoms with E-state index in [4.69, 9.17) is 0 Å². The molecule has 1 saturated heterocycles. The van der Waals surface area contributed by atoms with Crippen molar-refractivity contribution in [1.29, 1.82) is 0 Å². The van der Waals surface area contributed by atoms with Crippen molar-refractivity contribution in [1.82, 2.24) is 15.1 Å². The fourth-order valence-corrected chi connectivity index (χ4v) is 1.67. The summed E-state index contributed by atoms with van der Waals surface area (Å²) >= 11 is 0. The van der Waals surface area contributed by atoms with Crippen molar-refractivity contribution >= 4 is 11.8 Å². The van der Waals surface area contributed by atoms with E-state index in [0.29, 0.717) is 0 Å². The summed E-state index contributed by atoms with van der Waals surface area (Å²) in [6.45, 7) is 6.45. The van der Waals surface area contributed by atoms with Gasteiger partial charge in [0, 0.05) is 33.1 Å². The number of amides is 2. The Morgan fingerprint density at radius 3 is 2.20 bits per heavy atom. The summed E-state index contributed by atoms with van der Waals surface area (Å²) < 4.78 is 0. The summed E-state index contributed by atoms with van der Waals surface area (Å²) in [5.74, 6) is -0.150. The molecule has 1 unspecified atom stereocenters. The molecule has 1 fully saturated rings. The Morgan fingerprint density at radius 1 is 1.20 bits per heavy atom. The molecule has 0 aromatic heterocycles. The number of hydrogen-bond acceptors (Lipinski definition) is 3. The SMILES string of the molecule is CC(=O)NC(C)C(=O)N1CCN(C)CC1. The molecule has 15 heavy (non-hydrogen) atoms. The predicted molar refractivity (Wildman–Crippen MR) is 57.4 cm³/mol. The van der Waals surface area contributed by atoms with Gasteiger partial charge in [-0.2, -0.15) is 0 Å². The van der Waals surface area contributed by atoms with E-state index in [9.17, 15) is 9.59 Å². The number of likely N-dealkylation sites (N-methyl/N-ethyl adjacent to an activating group) is 1. The molecule has 1 aliphatic rings. The topological polar surface area (TPSA) is 52.7 Å². The molecule has 1 N–H and O–H groups in total. The van der Waals surface area contributed by atoms with Crippen LogP contribution in [0.25, 0.3) is 0 Å². The zero-order valence-corrected chi connectivity index (χ0v) is 9.62. The molecule has 5 nitrogen and oxygen atoms in total. The quantitative estimate of drug-likeness (QED) is 0.659. The lowest BCUT2D eigenvalue weighted by Gasteiger charge is -2.34. The molecule has 1 rings (SSSR count). The molecule has 0 aromatic carbocycles. The molecule has 0 saturated carbocycles. The van der Waals surface area contributed by atoms with Gasteiger partial charge in [-0.25, -0.2) is 0 Å². The third-order valence-corrected chi connectivity index (χ3v) is 2.61. The molecule has 0 bridgehead atoms. The minimum Gasteiger partial charge on any atom is -0.345 e. The van der Waals surface area contributed by atoms with Crippen LogP contribution in [0, 0.1) is 0 Å². The largest absolute Gasteiger partial charge is 0.345 e. The van der Waals surface area contributed by atoms with Gasteiger partial charge in [0.05, 0.1) is 0 Å². The second-order valence-corrected chi connectivity index (χ2v) is 4.05. The lowest BCUT2D eigenvalue weighted by atomic mass is 10.2.